The van der Waals surface area contributed by atoms with Gasteiger partial charge >= 0.3 is 0 Å². The van der Waals surface area contributed by atoms with E-state index < -0.39 is 0 Å². The van der Waals surface area contributed by atoms with Crippen LogP contribution in [-0.4, -0.2) is 24.1 Å². The average molecular weight is 790 g/mol. The second-order valence-electron chi connectivity index (χ2n) is 19.1. The van der Waals surface area contributed by atoms with Crippen LogP contribution in [0.4, 0.5) is 0 Å². The first kappa shape index (κ1) is 36.0. The molecule has 2 aliphatic carbocycles. The van der Waals surface area contributed by atoms with Gasteiger partial charge in [-0.15, -0.1) is 0 Å². The van der Waals surface area contributed by atoms with Crippen molar-refractivity contribution >= 4 is 43.6 Å². The number of hydrogen-bond donors (Lipinski definition) is 0. The van der Waals surface area contributed by atoms with Gasteiger partial charge in [-0.25, -0.2) is 4.98 Å². The summed E-state index contributed by atoms with van der Waals surface area (Å²) in [6.07, 6.45) is 2.26. The van der Waals surface area contributed by atoms with Gasteiger partial charge in [0.1, 0.15) is 0 Å². The fourth-order valence-electron chi connectivity index (χ4n) is 10.8. The normalized spacial score (nSPS) is 16.0. The second kappa shape index (κ2) is 12.6. The molecule has 3 heterocycles. The van der Waals surface area contributed by atoms with Gasteiger partial charge in [-0.05, 0) is 99.5 Å². The van der Waals surface area contributed by atoms with Crippen molar-refractivity contribution in [3.8, 4) is 45.5 Å². The third-order valence-electron chi connectivity index (χ3n) is 14.2. The fraction of sp³-hybridized carbons (Fsp3) is 0.196. The third kappa shape index (κ3) is 5.16. The molecule has 0 bridgehead atoms. The molecule has 3 aromatic heterocycles. The van der Waals surface area contributed by atoms with Crippen LogP contribution >= 0.6 is 0 Å². The van der Waals surface area contributed by atoms with E-state index in [4.69, 9.17) is 15.0 Å². The lowest BCUT2D eigenvalue weighted by Gasteiger charge is -2.42. The Balaban J connectivity index is 1.22. The predicted octanol–water partition coefficient (Wildman–Crippen LogP) is 14.1. The quantitative estimate of drug-likeness (QED) is 0.178. The minimum atomic E-state index is -0.0953. The van der Waals surface area contributed by atoms with Crippen LogP contribution in [0.2, 0.25) is 0 Å². The predicted molar refractivity (Wildman–Crippen MR) is 252 cm³/mol. The third-order valence-corrected chi connectivity index (χ3v) is 14.2. The van der Waals surface area contributed by atoms with Gasteiger partial charge in [-0.1, -0.05) is 151 Å². The number of para-hydroxylation sites is 2. The molecule has 0 radical (unpaired) electrons. The van der Waals surface area contributed by atoms with Crippen molar-refractivity contribution < 1.29 is 0 Å². The average Bonchev–Trinajstić information content (AvgIpc) is 3.88. The molecule has 0 spiro atoms. The van der Waals surface area contributed by atoms with Gasteiger partial charge in [-0.2, -0.15) is 9.97 Å². The van der Waals surface area contributed by atoms with Crippen LogP contribution in [0.1, 0.15) is 76.6 Å². The lowest BCUT2D eigenvalue weighted by Crippen LogP contribution is -2.33. The number of rotatable bonds is 4. The Morgan fingerprint density at radius 2 is 1.07 bits per heavy atom. The van der Waals surface area contributed by atoms with E-state index >= 15 is 0 Å². The molecular formula is C56H47N5. The Labute approximate surface area is 356 Å². The van der Waals surface area contributed by atoms with E-state index in [9.17, 15) is 0 Å². The Bertz CT molecular complexity index is 3440. The van der Waals surface area contributed by atoms with Crippen LogP contribution in [-0.2, 0) is 16.2 Å². The SMILES string of the molecule is CC1(C)CCC(C)(C)c2cc3c(cc21)c1c(ccc2c4ccccc4n(-c4ccccc4)c21)n3-c1nc(-c2ccccc2)nc(-c2ccc3c(c2)-c2ccccc2C3(C)C)n1. The Kier molecular flexibility index (Phi) is 7.44. The zero-order valence-electron chi connectivity index (χ0n) is 35.6. The number of aromatic nitrogens is 5. The molecule has 0 unspecified atom stereocenters. The van der Waals surface area contributed by atoms with E-state index in [2.05, 4.69) is 196 Å². The van der Waals surface area contributed by atoms with Crippen LogP contribution in [0.5, 0.6) is 0 Å². The molecule has 61 heavy (non-hydrogen) atoms. The van der Waals surface area contributed by atoms with Crippen molar-refractivity contribution in [3.63, 3.8) is 0 Å². The van der Waals surface area contributed by atoms with Crippen LogP contribution < -0.4 is 0 Å². The van der Waals surface area contributed by atoms with Crippen LogP contribution in [0.3, 0.4) is 0 Å². The standard InChI is InChI=1S/C56H47N5/c1-54(2)29-30-55(3,4)45-33-48-41(32-44(45)54)49-47(28-26-39-38-22-14-16-24-46(38)60(50(39)49)36-19-11-8-12-20-36)61(48)53-58-51(34-17-9-7-10-18-34)57-52(59-53)35-25-27-43-40(31-35)37-21-13-15-23-42(37)56(43,5)6/h7-28,31-33H,29-30H2,1-6H3. The molecule has 0 fully saturated rings. The van der Waals surface area contributed by atoms with Gasteiger partial charge in [0, 0.05) is 43.8 Å². The van der Waals surface area contributed by atoms with Gasteiger partial charge < -0.3 is 4.57 Å². The highest BCUT2D eigenvalue weighted by Crippen LogP contribution is 2.51. The molecule has 0 atom stereocenters. The highest BCUT2D eigenvalue weighted by atomic mass is 15.2. The van der Waals surface area contributed by atoms with Crippen molar-refractivity contribution in [1.82, 2.24) is 24.1 Å². The largest absolute Gasteiger partial charge is 0.309 e. The first-order valence-electron chi connectivity index (χ1n) is 21.7. The maximum absolute atomic E-state index is 5.50. The van der Waals surface area contributed by atoms with E-state index in [0.29, 0.717) is 17.6 Å². The zero-order valence-corrected chi connectivity index (χ0v) is 35.6. The Morgan fingerprint density at radius 3 is 1.84 bits per heavy atom. The number of fused-ring (bicyclic) bond motifs is 11. The first-order chi connectivity index (χ1) is 29.5. The van der Waals surface area contributed by atoms with Gasteiger partial charge in [0.15, 0.2) is 11.6 Å². The number of nitrogens with zero attached hydrogens (tertiary/aromatic N) is 5. The van der Waals surface area contributed by atoms with Crippen LogP contribution in [0.15, 0.2) is 152 Å². The highest BCUT2D eigenvalue weighted by molar-refractivity contribution is 6.26. The summed E-state index contributed by atoms with van der Waals surface area (Å²) >= 11 is 0. The van der Waals surface area contributed by atoms with Gasteiger partial charge in [0.2, 0.25) is 5.95 Å². The van der Waals surface area contributed by atoms with E-state index in [1.54, 1.807) is 0 Å². The number of benzene rings is 7. The molecule has 10 aromatic rings. The summed E-state index contributed by atoms with van der Waals surface area (Å²) < 4.78 is 4.79. The highest BCUT2D eigenvalue weighted by Gasteiger charge is 2.39. The minimum Gasteiger partial charge on any atom is -0.309 e. The summed E-state index contributed by atoms with van der Waals surface area (Å²) in [4.78, 5) is 16.2. The van der Waals surface area contributed by atoms with E-state index in [-0.39, 0.29) is 16.2 Å². The lowest BCUT2D eigenvalue weighted by atomic mass is 9.63. The summed E-state index contributed by atoms with van der Waals surface area (Å²) in [6.45, 7) is 14.3. The molecule has 0 saturated carbocycles. The monoisotopic (exact) mass is 789 g/mol. The zero-order chi connectivity index (χ0) is 41.4. The van der Waals surface area contributed by atoms with Crippen molar-refractivity contribution in [3.05, 3.63) is 174 Å². The molecule has 0 N–H and O–H groups in total. The molecule has 5 heteroatoms. The molecule has 5 nitrogen and oxygen atoms in total. The van der Waals surface area contributed by atoms with E-state index in [1.165, 1.54) is 66.0 Å². The summed E-state index contributed by atoms with van der Waals surface area (Å²) in [5, 5.41) is 4.88. The smallest absolute Gasteiger partial charge is 0.238 e. The summed E-state index contributed by atoms with van der Waals surface area (Å²) in [5.41, 5.74) is 15.6. The first-order valence-corrected chi connectivity index (χ1v) is 21.7. The van der Waals surface area contributed by atoms with Gasteiger partial charge in [0.05, 0.1) is 22.1 Å². The molecule has 7 aromatic carbocycles. The molecule has 2 aliphatic rings. The lowest BCUT2D eigenvalue weighted by molar-refractivity contribution is 0.332. The van der Waals surface area contributed by atoms with Crippen LogP contribution in [0, 0.1) is 0 Å². The van der Waals surface area contributed by atoms with Crippen molar-refractivity contribution in [1.29, 1.82) is 0 Å². The second-order valence-corrected chi connectivity index (χ2v) is 19.1. The topological polar surface area (TPSA) is 48.5 Å². The molecule has 0 amide bonds. The Hall–Kier alpha value is -6.85. The maximum Gasteiger partial charge on any atom is 0.238 e. The summed E-state index contributed by atoms with van der Waals surface area (Å²) in [7, 11) is 0. The maximum atomic E-state index is 5.50. The van der Waals surface area contributed by atoms with Gasteiger partial charge in [0.25, 0.3) is 0 Å². The van der Waals surface area contributed by atoms with Gasteiger partial charge in [-0.3, -0.25) is 4.57 Å². The molecule has 0 saturated heterocycles. The molecule has 12 rings (SSSR count). The summed E-state index contributed by atoms with van der Waals surface area (Å²) in [5.74, 6) is 1.91. The van der Waals surface area contributed by atoms with Crippen molar-refractivity contribution in [2.45, 2.75) is 70.6 Å². The van der Waals surface area contributed by atoms with Crippen molar-refractivity contribution in [2.24, 2.45) is 0 Å². The minimum absolute atomic E-state index is 0.00251. The van der Waals surface area contributed by atoms with Crippen molar-refractivity contribution in [2.75, 3.05) is 0 Å². The van der Waals surface area contributed by atoms with E-state index in [1.807, 2.05) is 6.07 Å². The number of hydrogen-bond acceptors (Lipinski definition) is 3. The fourth-order valence-corrected chi connectivity index (χ4v) is 10.8. The van der Waals surface area contributed by atoms with Crippen LogP contribution in [0.25, 0.3) is 89.2 Å². The van der Waals surface area contributed by atoms with E-state index in [0.717, 1.165) is 40.7 Å². The molecule has 296 valence electrons. The molecular weight excluding hydrogens is 743 g/mol. The Morgan fingerprint density at radius 1 is 0.426 bits per heavy atom. The summed E-state index contributed by atoms with van der Waals surface area (Å²) in [6, 6.07) is 55.2. The molecule has 0 aliphatic heterocycles.